The first-order chi connectivity index (χ1) is 19.2. The van der Waals surface area contributed by atoms with Crippen molar-refractivity contribution in [2.75, 3.05) is 13.1 Å². The summed E-state index contributed by atoms with van der Waals surface area (Å²) in [6.07, 6.45) is -0.888. The van der Waals surface area contributed by atoms with Crippen LogP contribution in [-0.2, 0) is 10.9 Å². The number of fused-ring (bicyclic) bond motifs is 1. The van der Waals surface area contributed by atoms with E-state index in [1.165, 1.54) is 16.9 Å². The minimum Gasteiger partial charge on any atom is -0.484 e. The summed E-state index contributed by atoms with van der Waals surface area (Å²) in [5.41, 5.74) is 0.427. The van der Waals surface area contributed by atoms with Crippen LogP contribution in [0.1, 0.15) is 63.0 Å². The Bertz CT molecular complexity index is 1560. The molecule has 0 aliphatic carbocycles. The number of aromatic nitrogens is 3. The summed E-state index contributed by atoms with van der Waals surface area (Å²) in [5, 5.41) is 17.7. The number of carbonyl (C=O) groups excluding carboxylic acids is 1. The predicted octanol–water partition coefficient (Wildman–Crippen LogP) is 4.50. The number of nitrogens with zero attached hydrogens (tertiary/aromatic N) is 7. The highest BCUT2D eigenvalue weighted by Crippen LogP contribution is 2.33. The molecule has 1 amide bonds. The highest BCUT2D eigenvalue weighted by atomic mass is 19.4. The molecule has 0 radical (unpaired) electrons. The van der Waals surface area contributed by atoms with E-state index in [-0.39, 0.29) is 22.9 Å². The average molecular weight is 571 g/mol. The standard InChI is InChI=1S/C27H29F3N8O3/c1-15(35-21-13-37(14-21)25(39)41-26(3,4)5)23(36-32)18-7-22(24-19(8-31)10-34-38(24)12-18)40-16(2)17-6-20(11-33-9-17)27(28,29)30/h6-7,9-12,16,21H,13-14,32H2,1-5H3/b35-15?,36-23+. The third-order valence-corrected chi connectivity index (χ3v) is 6.19. The molecule has 4 heterocycles. The Morgan fingerprint density at radius 2 is 1.93 bits per heavy atom. The minimum absolute atomic E-state index is 0.176. The zero-order valence-corrected chi connectivity index (χ0v) is 23.1. The van der Waals surface area contributed by atoms with Crippen molar-refractivity contribution in [3.8, 4) is 11.8 Å². The number of rotatable bonds is 6. The summed E-state index contributed by atoms with van der Waals surface area (Å²) >= 11 is 0. The molecular formula is C27H29F3N8O3. The molecule has 1 fully saturated rings. The van der Waals surface area contributed by atoms with Gasteiger partial charge in [0.25, 0.3) is 0 Å². The number of nitrogens with two attached hydrogens (primary N) is 1. The van der Waals surface area contributed by atoms with Gasteiger partial charge in [0.2, 0.25) is 0 Å². The van der Waals surface area contributed by atoms with Crippen molar-refractivity contribution in [1.82, 2.24) is 19.5 Å². The molecule has 1 unspecified atom stereocenters. The highest BCUT2D eigenvalue weighted by molar-refractivity contribution is 6.47. The number of hydrogen-bond donors (Lipinski definition) is 1. The maximum atomic E-state index is 13.2. The first-order valence-corrected chi connectivity index (χ1v) is 12.6. The van der Waals surface area contributed by atoms with Gasteiger partial charge in [-0.05, 0) is 46.8 Å². The molecule has 14 heteroatoms. The number of hydrogen-bond acceptors (Lipinski definition) is 9. The molecule has 1 aliphatic rings. The molecule has 3 aromatic rings. The fourth-order valence-electron chi connectivity index (χ4n) is 4.20. The van der Waals surface area contributed by atoms with Crippen LogP contribution in [0.4, 0.5) is 18.0 Å². The number of likely N-dealkylation sites (tertiary alicyclic amines) is 1. The third-order valence-electron chi connectivity index (χ3n) is 6.19. The third kappa shape index (κ3) is 6.56. The fourth-order valence-corrected chi connectivity index (χ4v) is 4.20. The van der Waals surface area contributed by atoms with Crippen LogP contribution < -0.4 is 10.6 Å². The van der Waals surface area contributed by atoms with Gasteiger partial charge in [-0.25, -0.2) is 9.31 Å². The van der Waals surface area contributed by atoms with Gasteiger partial charge in [0.15, 0.2) is 0 Å². The zero-order chi connectivity index (χ0) is 30.1. The van der Waals surface area contributed by atoms with Crippen molar-refractivity contribution in [1.29, 1.82) is 5.26 Å². The summed E-state index contributed by atoms with van der Waals surface area (Å²) in [4.78, 5) is 22.1. The molecule has 0 aromatic carbocycles. The van der Waals surface area contributed by atoms with Gasteiger partial charge in [0.1, 0.15) is 40.3 Å². The topological polar surface area (TPSA) is 143 Å². The molecule has 216 valence electrons. The summed E-state index contributed by atoms with van der Waals surface area (Å²) in [6, 6.07) is 4.39. The van der Waals surface area contributed by atoms with Crippen LogP contribution in [0.15, 0.2) is 47.0 Å². The predicted molar refractivity (Wildman–Crippen MR) is 144 cm³/mol. The Kier molecular flexibility index (Phi) is 7.92. The van der Waals surface area contributed by atoms with E-state index < -0.39 is 29.5 Å². The van der Waals surface area contributed by atoms with Crippen molar-refractivity contribution >= 4 is 23.0 Å². The molecule has 11 nitrogen and oxygen atoms in total. The van der Waals surface area contributed by atoms with Crippen LogP contribution in [0.3, 0.4) is 0 Å². The molecule has 0 saturated carbocycles. The lowest BCUT2D eigenvalue weighted by molar-refractivity contribution is -0.137. The highest BCUT2D eigenvalue weighted by Gasteiger charge is 2.34. The normalized spacial score (nSPS) is 15.8. The summed E-state index contributed by atoms with van der Waals surface area (Å²) < 4.78 is 52.6. The van der Waals surface area contributed by atoms with Crippen molar-refractivity contribution < 1.29 is 27.4 Å². The quantitative estimate of drug-likeness (QED) is 0.261. The van der Waals surface area contributed by atoms with Crippen LogP contribution in [0.5, 0.6) is 5.75 Å². The van der Waals surface area contributed by atoms with E-state index in [4.69, 9.17) is 15.3 Å². The van der Waals surface area contributed by atoms with Crippen LogP contribution in [0, 0.1) is 11.3 Å². The van der Waals surface area contributed by atoms with Crippen molar-refractivity contribution in [2.24, 2.45) is 15.9 Å². The Morgan fingerprint density at radius 1 is 1.22 bits per heavy atom. The second-order valence-electron chi connectivity index (χ2n) is 10.6. The second kappa shape index (κ2) is 11.1. The molecule has 41 heavy (non-hydrogen) atoms. The van der Waals surface area contributed by atoms with Gasteiger partial charge in [-0.3, -0.25) is 9.98 Å². The minimum atomic E-state index is -4.57. The van der Waals surface area contributed by atoms with E-state index in [1.807, 2.05) is 6.07 Å². The number of carbonyl (C=O) groups is 1. The van der Waals surface area contributed by atoms with Crippen molar-refractivity contribution in [3.05, 3.63) is 59.2 Å². The van der Waals surface area contributed by atoms with Gasteiger partial charge in [-0.15, -0.1) is 0 Å². The van der Waals surface area contributed by atoms with Crippen molar-refractivity contribution in [2.45, 2.75) is 58.5 Å². The number of nitriles is 1. The summed E-state index contributed by atoms with van der Waals surface area (Å²) in [5.74, 6) is 5.92. The Labute approximate surface area is 234 Å². The number of ether oxygens (including phenoxy) is 2. The Morgan fingerprint density at radius 3 is 2.54 bits per heavy atom. The van der Waals surface area contributed by atoms with Gasteiger partial charge >= 0.3 is 12.3 Å². The summed E-state index contributed by atoms with van der Waals surface area (Å²) in [6.45, 7) is 9.39. The molecular weight excluding hydrogens is 541 g/mol. The second-order valence-corrected chi connectivity index (χ2v) is 10.6. The maximum absolute atomic E-state index is 13.2. The number of halogens is 3. The van der Waals surface area contributed by atoms with E-state index in [0.29, 0.717) is 35.6 Å². The lowest BCUT2D eigenvalue weighted by atomic mass is 10.1. The van der Waals surface area contributed by atoms with Gasteiger partial charge in [-0.2, -0.15) is 28.6 Å². The number of alkyl halides is 3. The lowest BCUT2D eigenvalue weighted by Gasteiger charge is -2.38. The molecule has 0 spiro atoms. The van der Waals surface area contributed by atoms with Gasteiger partial charge in [-0.1, -0.05) is 0 Å². The molecule has 3 aromatic heterocycles. The molecule has 0 bridgehead atoms. The van der Waals surface area contributed by atoms with Gasteiger partial charge in [0, 0.05) is 42.8 Å². The van der Waals surface area contributed by atoms with Crippen LogP contribution in [0.25, 0.3) is 5.52 Å². The molecule has 1 aliphatic heterocycles. The first kappa shape index (κ1) is 29.3. The lowest BCUT2D eigenvalue weighted by Crippen LogP contribution is -2.54. The fraction of sp³-hybridized carbons (Fsp3) is 0.407. The maximum Gasteiger partial charge on any atom is 0.417 e. The van der Waals surface area contributed by atoms with E-state index in [9.17, 15) is 23.2 Å². The molecule has 1 saturated heterocycles. The van der Waals surface area contributed by atoms with Crippen LogP contribution in [-0.4, -0.2) is 61.7 Å². The van der Waals surface area contributed by atoms with E-state index in [2.05, 4.69) is 20.2 Å². The SMILES string of the molecule is CC(=NC1CN(C(=O)OC(C)(C)C)C1)/C(=N\N)c1cc(OC(C)c2cncc(C(F)(F)F)c2)c2c(C#N)cnn2c1. The van der Waals surface area contributed by atoms with Gasteiger partial charge in [0.05, 0.1) is 23.5 Å². The molecule has 4 rings (SSSR count). The largest absolute Gasteiger partial charge is 0.484 e. The number of hydrazone groups is 1. The van der Waals surface area contributed by atoms with E-state index >= 15 is 0 Å². The van der Waals surface area contributed by atoms with Gasteiger partial charge < -0.3 is 20.2 Å². The Hall–Kier alpha value is -4.67. The number of aliphatic imine (C=N–C) groups is 1. The summed E-state index contributed by atoms with van der Waals surface area (Å²) in [7, 11) is 0. The van der Waals surface area contributed by atoms with Crippen molar-refractivity contribution in [3.63, 3.8) is 0 Å². The average Bonchev–Trinajstić information content (AvgIpc) is 3.28. The molecule has 1 atom stereocenters. The molecule has 2 N–H and O–H groups in total. The van der Waals surface area contributed by atoms with E-state index in [0.717, 1.165) is 12.3 Å². The zero-order valence-electron chi connectivity index (χ0n) is 23.1. The Balaban J connectivity index is 1.61. The van der Waals surface area contributed by atoms with E-state index in [1.54, 1.807) is 51.8 Å². The van der Waals surface area contributed by atoms with Crippen LogP contribution >= 0.6 is 0 Å². The monoisotopic (exact) mass is 570 g/mol. The van der Waals surface area contributed by atoms with Crippen LogP contribution in [0.2, 0.25) is 0 Å². The smallest absolute Gasteiger partial charge is 0.417 e. The number of pyridine rings is 2. The first-order valence-electron chi connectivity index (χ1n) is 12.6. The number of amides is 1.